The van der Waals surface area contributed by atoms with Crippen LogP contribution in [0.1, 0.15) is 17.0 Å². The number of aryl methyl sites for hydroxylation is 1. The zero-order chi connectivity index (χ0) is 14.8. The van der Waals surface area contributed by atoms with Gasteiger partial charge in [0.15, 0.2) is 0 Å². The van der Waals surface area contributed by atoms with Crippen LogP contribution >= 0.6 is 0 Å². The minimum absolute atomic E-state index is 0.234. The van der Waals surface area contributed by atoms with Crippen LogP contribution in [0, 0.1) is 6.92 Å². The van der Waals surface area contributed by atoms with Crippen molar-refractivity contribution in [2.75, 3.05) is 14.1 Å². The van der Waals surface area contributed by atoms with Gasteiger partial charge in [0.25, 0.3) is 0 Å². The molecule has 0 bridgehead atoms. The summed E-state index contributed by atoms with van der Waals surface area (Å²) in [4.78, 5) is 0.234. The molecule has 0 aliphatic rings. The maximum Gasteiger partial charge on any atom is 0.246 e. The molecule has 0 saturated carbocycles. The number of aromatic amines is 1. The summed E-state index contributed by atoms with van der Waals surface area (Å²) < 4.78 is 31.5. The van der Waals surface area contributed by atoms with Crippen LogP contribution in [-0.2, 0) is 23.1 Å². The van der Waals surface area contributed by atoms with Crippen molar-refractivity contribution in [1.82, 2.24) is 19.8 Å². The highest BCUT2D eigenvalue weighted by Crippen LogP contribution is 2.22. The summed E-state index contributed by atoms with van der Waals surface area (Å²) in [7, 11) is -0.312. The number of hydrogen-bond acceptors (Lipinski definition) is 5. The standard InChI is InChI=1S/C12H18N4O3S/c1-9-12(11(6-13-2)15-14-9)20(17,18)16(3)7-10-4-5-19-8-10/h4-5,8,13H,6-7H2,1-3H3,(H,14,15). The number of nitrogens with one attached hydrogen (secondary N) is 2. The van der Waals surface area contributed by atoms with Crippen molar-refractivity contribution in [2.45, 2.75) is 24.9 Å². The predicted octanol–water partition coefficient (Wildman–Crippen LogP) is 0.851. The molecular weight excluding hydrogens is 280 g/mol. The normalized spacial score (nSPS) is 12.2. The van der Waals surface area contributed by atoms with Crippen LogP contribution in [0.3, 0.4) is 0 Å². The monoisotopic (exact) mass is 298 g/mol. The van der Waals surface area contributed by atoms with E-state index in [4.69, 9.17) is 4.42 Å². The fourth-order valence-corrected chi connectivity index (χ4v) is 3.46. The zero-order valence-electron chi connectivity index (χ0n) is 11.7. The van der Waals surface area contributed by atoms with Crippen molar-refractivity contribution in [3.8, 4) is 0 Å². The molecule has 8 heteroatoms. The molecular formula is C12H18N4O3S. The van der Waals surface area contributed by atoms with E-state index in [0.29, 0.717) is 17.9 Å². The Bertz CT molecular complexity index is 661. The molecule has 0 radical (unpaired) electrons. The maximum atomic E-state index is 12.6. The molecule has 0 amide bonds. The number of sulfonamides is 1. The Morgan fingerprint density at radius 3 is 2.85 bits per heavy atom. The summed E-state index contributed by atoms with van der Waals surface area (Å²) in [6, 6.07) is 1.74. The van der Waals surface area contributed by atoms with E-state index in [2.05, 4.69) is 15.5 Å². The van der Waals surface area contributed by atoms with Crippen LogP contribution in [0.2, 0.25) is 0 Å². The minimum Gasteiger partial charge on any atom is -0.472 e. The van der Waals surface area contributed by atoms with Crippen LogP contribution in [0.15, 0.2) is 27.9 Å². The summed E-state index contributed by atoms with van der Waals surface area (Å²) in [5.41, 5.74) is 1.82. The molecule has 0 saturated heterocycles. The fraction of sp³-hybridized carbons (Fsp3) is 0.417. The molecule has 2 N–H and O–H groups in total. The van der Waals surface area contributed by atoms with Crippen molar-refractivity contribution >= 4 is 10.0 Å². The van der Waals surface area contributed by atoms with Crippen LogP contribution in [-0.4, -0.2) is 37.0 Å². The smallest absolute Gasteiger partial charge is 0.246 e. The molecule has 7 nitrogen and oxygen atoms in total. The van der Waals surface area contributed by atoms with E-state index in [1.54, 1.807) is 20.0 Å². The van der Waals surface area contributed by atoms with Crippen molar-refractivity contribution in [3.63, 3.8) is 0 Å². The first-order chi connectivity index (χ1) is 9.46. The number of H-pyrrole nitrogens is 1. The Labute approximate surface area is 118 Å². The fourth-order valence-electron chi connectivity index (χ4n) is 1.98. The third kappa shape index (κ3) is 2.77. The van der Waals surface area contributed by atoms with Gasteiger partial charge in [-0.1, -0.05) is 0 Å². The van der Waals surface area contributed by atoms with Gasteiger partial charge in [0, 0.05) is 25.7 Å². The van der Waals surface area contributed by atoms with E-state index in [0.717, 1.165) is 5.56 Å². The Hall–Kier alpha value is -1.64. The topological polar surface area (TPSA) is 91.2 Å². The second-order valence-corrected chi connectivity index (χ2v) is 6.53. The van der Waals surface area contributed by atoms with Crippen LogP contribution < -0.4 is 5.32 Å². The molecule has 0 aliphatic carbocycles. The summed E-state index contributed by atoms with van der Waals surface area (Å²) in [5.74, 6) is 0. The summed E-state index contributed by atoms with van der Waals surface area (Å²) in [5, 5.41) is 9.68. The maximum absolute atomic E-state index is 12.6. The van der Waals surface area contributed by atoms with E-state index in [1.807, 2.05) is 0 Å². The quantitative estimate of drug-likeness (QED) is 0.825. The highest BCUT2D eigenvalue weighted by Gasteiger charge is 2.28. The molecule has 2 rings (SSSR count). The van der Waals surface area contributed by atoms with E-state index in [-0.39, 0.29) is 11.4 Å². The average Bonchev–Trinajstić information content (AvgIpc) is 3.00. The molecule has 0 aliphatic heterocycles. The van der Waals surface area contributed by atoms with Crippen LogP contribution in [0.4, 0.5) is 0 Å². The lowest BCUT2D eigenvalue weighted by molar-refractivity contribution is 0.462. The molecule has 2 aromatic rings. The second kappa shape index (κ2) is 5.78. The van der Waals surface area contributed by atoms with Gasteiger partial charge in [-0.3, -0.25) is 5.10 Å². The van der Waals surface area contributed by atoms with Crippen LogP contribution in [0.5, 0.6) is 0 Å². The highest BCUT2D eigenvalue weighted by molar-refractivity contribution is 7.89. The summed E-state index contributed by atoms with van der Waals surface area (Å²) in [6.07, 6.45) is 3.05. The highest BCUT2D eigenvalue weighted by atomic mass is 32.2. The second-order valence-electron chi connectivity index (χ2n) is 4.55. The van der Waals surface area contributed by atoms with E-state index < -0.39 is 10.0 Å². The van der Waals surface area contributed by atoms with Crippen molar-refractivity contribution in [3.05, 3.63) is 35.5 Å². The molecule has 2 heterocycles. The predicted molar refractivity (Wildman–Crippen MR) is 73.4 cm³/mol. The first-order valence-electron chi connectivity index (χ1n) is 6.12. The average molecular weight is 298 g/mol. The number of rotatable bonds is 6. The Balaban J connectivity index is 2.32. The van der Waals surface area contributed by atoms with Crippen LogP contribution in [0.25, 0.3) is 0 Å². The lowest BCUT2D eigenvalue weighted by atomic mass is 10.3. The van der Waals surface area contributed by atoms with Crippen molar-refractivity contribution < 1.29 is 12.8 Å². The lowest BCUT2D eigenvalue weighted by Crippen LogP contribution is -2.28. The zero-order valence-corrected chi connectivity index (χ0v) is 12.5. The van der Waals surface area contributed by atoms with Gasteiger partial charge in [-0.15, -0.1) is 0 Å². The molecule has 0 unspecified atom stereocenters. The Kier molecular flexibility index (Phi) is 4.26. The van der Waals surface area contributed by atoms with Gasteiger partial charge in [-0.05, 0) is 20.0 Å². The van der Waals surface area contributed by atoms with Crippen molar-refractivity contribution in [1.29, 1.82) is 0 Å². The molecule has 2 aromatic heterocycles. The largest absolute Gasteiger partial charge is 0.472 e. The molecule has 20 heavy (non-hydrogen) atoms. The number of nitrogens with zero attached hydrogens (tertiary/aromatic N) is 2. The third-order valence-electron chi connectivity index (χ3n) is 2.96. The third-order valence-corrected chi connectivity index (χ3v) is 4.97. The summed E-state index contributed by atoms with van der Waals surface area (Å²) >= 11 is 0. The lowest BCUT2D eigenvalue weighted by Gasteiger charge is -2.16. The van der Waals surface area contributed by atoms with Gasteiger partial charge < -0.3 is 9.73 Å². The Morgan fingerprint density at radius 2 is 2.25 bits per heavy atom. The first-order valence-corrected chi connectivity index (χ1v) is 7.56. The van der Waals surface area contributed by atoms with E-state index >= 15 is 0 Å². The van der Waals surface area contributed by atoms with Gasteiger partial charge in [-0.25, -0.2) is 8.42 Å². The minimum atomic E-state index is -3.60. The first kappa shape index (κ1) is 14.8. The van der Waals surface area contributed by atoms with Gasteiger partial charge in [0.2, 0.25) is 10.0 Å². The number of hydrogen-bond donors (Lipinski definition) is 2. The molecule has 110 valence electrons. The molecule has 0 fully saturated rings. The summed E-state index contributed by atoms with van der Waals surface area (Å²) in [6.45, 7) is 2.34. The number of aromatic nitrogens is 2. The molecule has 0 spiro atoms. The number of furan rings is 1. The van der Waals surface area contributed by atoms with E-state index in [9.17, 15) is 8.42 Å². The van der Waals surface area contributed by atoms with Gasteiger partial charge in [0.05, 0.1) is 23.9 Å². The van der Waals surface area contributed by atoms with Gasteiger partial charge in [-0.2, -0.15) is 9.40 Å². The van der Waals surface area contributed by atoms with E-state index in [1.165, 1.54) is 23.9 Å². The molecule has 0 aromatic carbocycles. The van der Waals surface area contributed by atoms with Crippen molar-refractivity contribution in [2.24, 2.45) is 0 Å². The van der Waals surface area contributed by atoms with Gasteiger partial charge >= 0.3 is 0 Å². The molecule has 0 atom stereocenters. The van der Waals surface area contributed by atoms with Gasteiger partial charge in [0.1, 0.15) is 4.90 Å². The SMILES string of the molecule is CNCc1n[nH]c(C)c1S(=O)(=O)N(C)Cc1ccoc1. The Morgan fingerprint density at radius 1 is 1.50 bits per heavy atom.